The van der Waals surface area contributed by atoms with Crippen molar-refractivity contribution in [3.63, 3.8) is 0 Å². The molecule has 0 aromatic carbocycles. The normalized spacial score (nSPS) is 18.5. The molecule has 0 aliphatic carbocycles. The van der Waals surface area contributed by atoms with E-state index >= 15 is 0 Å². The molecule has 0 saturated carbocycles. The van der Waals surface area contributed by atoms with Crippen LogP contribution >= 0.6 is 0 Å². The molecule has 0 radical (unpaired) electrons. The first-order valence-electron chi connectivity index (χ1n) is 6.35. The van der Waals surface area contributed by atoms with Crippen LogP contribution < -0.4 is 16.4 Å². The summed E-state index contributed by atoms with van der Waals surface area (Å²) >= 11 is 0. The number of nitrogens with one attached hydrogen (secondary N) is 2. The maximum Gasteiger partial charge on any atom is 0.325 e. The van der Waals surface area contributed by atoms with Gasteiger partial charge < -0.3 is 16.0 Å². The molecule has 1 heterocycles. The number of nitrogens with zero attached hydrogens (tertiary/aromatic N) is 1. The van der Waals surface area contributed by atoms with Crippen LogP contribution in [0.25, 0.3) is 0 Å². The zero-order valence-corrected chi connectivity index (χ0v) is 11.7. The van der Waals surface area contributed by atoms with Gasteiger partial charge in [0.2, 0.25) is 11.8 Å². The summed E-state index contributed by atoms with van der Waals surface area (Å²) in [4.78, 5) is 35.4. The average Bonchev–Trinajstić information content (AvgIpc) is 2.55. The molecular formula is C12H22N4O3. The van der Waals surface area contributed by atoms with E-state index in [9.17, 15) is 14.4 Å². The second-order valence-corrected chi connectivity index (χ2v) is 5.62. The van der Waals surface area contributed by atoms with E-state index in [1.165, 1.54) is 4.90 Å². The summed E-state index contributed by atoms with van der Waals surface area (Å²) in [5.74, 6) is -0.300. The highest BCUT2D eigenvalue weighted by atomic mass is 16.2. The van der Waals surface area contributed by atoms with E-state index in [0.29, 0.717) is 12.5 Å². The second-order valence-electron chi connectivity index (χ2n) is 5.62. The van der Waals surface area contributed by atoms with Crippen LogP contribution in [0.1, 0.15) is 27.2 Å². The molecule has 19 heavy (non-hydrogen) atoms. The third-order valence-corrected chi connectivity index (χ3v) is 2.95. The molecule has 1 rings (SSSR count). The van der Waals surface area contributed by atoms with Crippen LogP contribution in [-0.2, 0) is 9.59 Å². The van der Waals surface area contributed by atoms with Crippen LogP contribution in [0.3, 0.4) is 0 Å². The van der Waals surface area contributed by atoms with Gasteiger partial charge in [-0.1, -0.05) is 13.8 Å². The van der Waals surface area contributed by atoms with Gasteiger partial charge in [-0.2, -0.15) is 0 Å². The molecule has 7 nitrogen and oxygen atoms in total. The van der Waals surface area contributed by atoms with Gasteiger partial charge in [-0.25, -0.2) is 4.79 Å². The summed E-state index contributed by atoms with van der Waals surface area (Å²) in [7, 11) is 0. The van der Waals surface area contributed by atoms with Crippen molar-refractivity contribution in [3.8, 4) is 0 Å². The van der Waals surface area contributed by atoms with Crippen LogP contribution in [0.4, 0.5) is 4.79 Å². The molecule has 0 aromatic rings. The van der Waals surface area contributed by atoms with Crippen LogP contribution in [-0.4, -0.2) is 47.9 Å². The van der Waals surface area contributed by atoms with Gasteiger partial charge in [0.25, 0.3) is 0 Å². The number of amides is 4. The van der Waals surface area contributed by atoms with Gasteiger partial charge in [-0.3, -0.25) is 14.9 Å². The maximum absolute atomic E-state index is 11.9. The van der Waals surface area contributed by atoms with Crippen molar-refractivity contribution in [2.75, 3.05) is 19.6 Å². The number of imide groups is 1. The predicted molar refractivity (Wildman–Crippen MR) is 70.2 cm³/mol. The van der Waals surface area contributed by atoms with E-state index < -0.39 is 11.6 Å². The smallest absolute Gasteiger partial charge is 0.325 e. The number of hydrogen-bond donors (Lipinski definition) is 3. The van der Waals surface area contributed by atoms with Gasteiger partial charge >= 0.3 is 6.03 Å². The van der Waals surface area contributed by atoms with Crippen molar-refractivity contribution >= 4 is 17.8 Å². The van der Waals surface area contributed by atoms with E-state index in [1.54, 1.807) is 0 Å². The van der Waals surface area contributed by atoms with Crippen LogP contribution in [0.2, 0.25) is 0 Å². The minimum absolute atomic E-state index is 0.0736. The summed E-state index contributed by atoms with van der Waals surface area (Å²) in [6.45, 7) is 6.09. The number of carbonyl (C=O) groups is 3. The molecule has 0 aromatic heterocycles. The molecule has 1 unspecified atom stereocenters. The fraction of sp³-hybridized carbons (Fsp3) is 0.750. The molecule has 0 bridgehead atoms. The third kappa shape index (κ3) is 4.51. The lowest BCUT2D eigenvalue weighted by Crippen LogP contribution is -2.54. The van der Waals surface area contributed by atoms with Gasteiger partial charge in [-0.15, -0.1) is 0 Å². The van der Waals surface area contributed by atoms with Gasteiger partial charge in [0.15, 0.2) is 0 Å². The molecule has 7 heteroatoms. The highest BCUT2D eigenvalue weighted by molar-refractivity contribution is 6.03. The Morgan fingerprint density at radius 2 is 2.16 bits per heavy atom. The lowest BCUT2D eigenvalue weighted by Gasteiger charge is -2.31. The van der Waals surface area contributed by atoms with Crippen LogP contribution in [0, 0.1) is 5.92 Å². The first kappa shape index (κ1) is 15.4. The molecule has 1 aliphatic heterocycles. The van der Waals surface area contributed by atoms with Gasteiger partial charge in [0, 0.05) is 12.1 Å². The first-order valence-corrected chi connectivity index (χ1v) is 6.35. The standard InChI is InChI=1S/C12H22N4O3/c1-8(2)4-12(3,7-13)15-10(18)6-16-5-9(17)14-11(16)19/h8H,4-7,13H2,1-3H3,(H,15,18)(H,14,17,19). The monoisotopic (exact) mass is 270 g/mol. The minimum atomic E-state index is -0.529. The Morgan fingerprint density at radius 1 is 1.53 bits per heavy atom. The quantitative estimate of drug-likeness (QED) is 0.561. The Kier molecular flexibility index (Phi) is 4.88. The fourth-order valence-electron chi connectivity index (χ4n) is 2.25. The van der Waals surface area contributed by atoms with Crippen LogP contribution in [0.15, 0.2) is 0 Å². The lowest BCUT2D eigenvalue weighted by atomic mass is 9.91. The van der Waals surface area contributed by atoms with E-state index in [0.717, 1.165) is 6.42 Å². The van der Waals surface area contributed by atoms with E-state index in [4.69, 9.17) is 5.73 Å². The van der Waals surface area contributed by atoms with Crippen molar-refractivity contribution in [1.29, 1.82) is 0 Å². The van der Waals surface area contributed by atoms with Crippen molar-refractivity contribution in [1.82, 2.24) is 15.5 Å². The molecule has 0 spiro atoms. The fourth-order valence-corrected chi connectivity index (χ4v) is 2.25. The molecule has 1 aliphatic rings. The van der Waals surface area contributed by atoms with Gasteiger partial charge in [0.1, 0.15) is 13.1 Å². The largest absolute Gasteiger partial charge is 0.348 e. The Morgan fingerprint density at radius 3 is 2.58 bits per heavy atom. The highest BCUT2D eigenvalue weighted by Crippen LogP contribution is 2.15. The molecule has 1 saturated heterocycles. The number of carbonyl (C=O) groups excluding carboxylic acids is 3. The number of nitrogens with two attached hydrogens (primary N) is 1. The molecule has 4 amide bonds. The molecule has 4 N–H and O–H groups in total. The molecule has 1 fully saturated rings. The summed E-state index contributed by atoms with van der Waals surface area (Å²) in [6, 6.07) is -0.529. The van der Waals surface area contributed by atoms with Crippen LogP contribution in [0.5, 0.6) is 0 Å². The highest BCUT2D eigenvalue weighted by Gasteiger charge is 2.31. The summed E-state index contributed by atoms with van der Waals surface area (Å²) in [6.07, 6.45) is 0.750. The maximum atomic E-state index is 11.9. The Balaban J connectivity index is 2.54. The van der Waals surface area contributed by atoms with Gasteiger partial charge in [0.05, 0.1) is 0 Å². The van der Waals surface area contributed by atoms with E-state index in [-0.39, 0.29) is 24.9 Å². The number of hydrogen-bond acceptors (Lipinski definition) is 4. The summed E-state index contributed by atoms with van der Waals surface area (Å²) < 4.78 is 0. The number of urea groups is 1. The number of rotatable bonds is 6. The molecule has 108 valence electrons. The minimum Gasteiger partial charge on any atom is -0.348 e. The van der Waals surface area contributed by atoms with Crippen molar-refractivity contribution in [2.24, 2.45) is 11.7 Å². The zero-order chi connectivity index (χ0) is 14.6. The molecular weight excluding hydrogens is 248 g/mol. The van der Waals surface area contributed by atoms with E-state index in [2.05, 4.69) is 10.6 Å². The van der Waals surface area contributed by atoms with Crippen molar-refractivity contribution < 1.29 is 14.4 Å². The topological polar surface area (TPSA) is 105 Å². The second kappa shape index (κ2) is 6.01. The Hall–Kier alpha value is -1.63. The molecule has 1 atom stereocenters. The predicted octanol–water partition coefficient (Wildman–Crippen LogP) is -0.582. The SMILES string of the molecule is CC(C)CC(C)(CN)NC(=O)CN1CC(=O)NC1=O. The zero-order valence-electron chi connectivity index (χ0n) is 11.7. The third-order valence-electron chi connectivity index (χ3n) is 2.95. The Labute approximate surface area is 112 Å². The first-order chi connectivity index (χ1) is 8.75. The lowest BCUT2D eigenvalue weighted by molar-refractivity contribution is -0.123. The average molecular weight is 270 g/mol. The Bertz CT molecular complexity index is 383. The van der Waals surface area contributed by atoms with Gasteiger partial charge in [-0.05, 0) is 19.3 Å². The van der Waals surface area contributed by atoms with E-state index in [1.807, 2.05) is 20.8 Å². The summed E-state index contributed by atoms with van der Waals surface area (Å²) in [5, 5.41) is 4.96. The van der Waals surface area contributed by atoms with Crippen molar-refractivity contribution in [2.45, 2.75) is 32.7 Å². The summed E-state index contributed by atoms with van der Waals surface area (Å²) in [5.41, 5.74) is 5.20. The van der Waals surface area contributed by atoms with Crippen molar-refractivity contribution in [3.05, 3.63) is 0 Å².